The molecule has 0 aromatic heterocycles. The Hall–Kier alpha value is -1.75. The Bertz CT molecular complexity index is 408. The molecule has 0 aliphatic carbocycles. The molecule has 5 heteroatoms. The normalized spacial score (nSPS) is 11.8. The highest BCUT2D eigenvalue weighted by Crippen LogP contribution is 2.18. The minimum atomic E-state index is 0.0451. The van der Waals surface area contributed by atoms with Gasteiger partial charge in [0.15, 0.2) is 0 Å². The first kappa shape index (κ1) is 16.3. The van der Waals surface area contributed by atoms with Gasteiger partial charge in [-0.2, -0.15) is 0 Å². The first-order valence-corrected chi connectivity index (χ1v) is 6.91. The lowest BCUT2D eigenvalue weighted by atomic mass is 10.2. The van der Waals surface area contributed by atoms with E-state index >= 15 is 0 Å². The van der Waals surface area contributed by atoms with E-state index < -0.39 is 0 Å². The van der Waals surface area contributed by atoms with Crippen LogP contribution in [0.15, 0.2) is 24.3 Å². The van der Waals surface area contributed by atoms with Crippen LogP contribution in [-0.2, 0) is 4.79 Å². The van der Waals surface area contributed by atoms with Crippen molar-refractivity contribution in [3.8, 4) is 11.5 Å². The summed E-state index contributed by atoms with van der Waals surface area (Å²) in [5.74, 6) is 1.59. The molecule has 1 atom stereocenters. The number of amides is 1. The van der Waals surface area contributed by atoms with Gasteiger partial charge in [-0.25, -0.2) is 0 Å². The molecular weight excluding hydrogens is 256 g/mol. The van der Waals surface area contributed by atoms with Gasteiger partial charge in [-0.15, -0.1) is 0 Å². The van der Waals surface area contributed by atoms with Gasteiger partial charge < -0.3 is 20.5 Å². The van der Waals surface area contributed by atoms with Crippen LogP contribution in [0.25, 0.3) is 0 Å². The zero-order valence-corrected chi connectivity index (χ0v) is 12.2. The van der Waals surface area contributed by atoms with Crippen LogP contribution in [0.1, 0.15) is 26.2 Å². The molecule has 0 saturated carbocycles. The van der Waals surface area contributed by atoms with Gasteiger partial charge in [0.05, 0.1) is 13.7 Å². The molecule has 0 aliphatic rings. The van der Waals surface area contributed by atoms with E-state index in [0.29, 0.717) is 26.0 Å². The predicted molar refractivity (Wildman–Crippen MR) is 79.0 cm³/mol. The van der Waals surface area contributed by atoms with Crippen LogP contribution in [-0.4, -0.2) is 32.2 Å². The van der Waals surface area contributed by atoms with Crippen LogP contribution in [0.5, 0.6) is 11.5 Å². The summed E-state index contributed by atoms with van der Waals surface area (Å²) < 4.78 is 10.7. The van der Waals surface area contributed by atoms with Gasteiger partial charge >= 0.3 is 0 Å². The monoisotopic (exact) mass is 280 g/mol. The molecule has 0 bridgehead atoms. The van der Waals surface area contributed by atoms with Crippen molar-refractivity contribution < 1.29 is 14.3 Å². The Morgan fingerprint density at radius 2 is 2.15 bits per heavy atom. The van der Waals surface area contributed by atoms with Gasteiger partial charge in [-0.1, -0.05) is 6.07 Å². The Morgan fingerprint density at radius 3 is 2.85 bits per heavy atom. The largest absolute Gasteiger partial charge is 0.497 e. The molecule has 1 amide bonds. The Labute approximate surface area is 120 Å². The van der Waals surface area contributed by atoms with Gasteiger partial charge in [0, 0.05) is 25.1 Å². The molecule has 0 fully saturated rings. The van der Waals surface area contributed by atoms with Crippen molar-refractivity contribution in [2.45, 2.75) is 32.2 Å². The second kappa shape index (κ2) is 9.20. The highest BCUT2D eigenvalue weighted by atomic mass is 16.5. The number of benzene rings is 1. The molecule has 20 heavy (non-hydrogen) atoms. The van der Waals surface area contributed by atoms with E-state index in [1.807, 2.05) is 31.2 Å². The lowest BCUT2D eigenvalue weighted by Gasteiger charge is -2.09. The van der Waals surface area contributed by atoms with Crippen molar-refractivity contribution in [2.75, 3.05) is 20.3 Å². The third-order valence-corrected chi connectivity index (χ3v) is 2.78. The van der Waals surface area contributed by atoms with E-state index in [1.165, 1.54) is 0 Å². The molecule has 1 unspecified atom stereocenters. The molecule has 1 aromatic carbocycles. The van der Waals surface area contributed by atoms with E-state index in [-0.39, 0.29) is 11.9 Å². The average molecular weight is 280 g/mol. The van der Waals surface area contributed by atoms with E-state index in [4.69, 9.17) is 15.2 Å². The maximum absolute atomic E-state index is 11.4. The average Bonchev–Trinajstić information content (AvgIpc) is 2.45. The summed E-state index contributed by atoms with van der Waals surface area (Å²) in [6.45, 7) is 3.07. The highest BCUT2D eigenvalue weighted by Gasteiger charge is 2.02. The predicted octanol–water partition coefficient (Wildman–Crippen LogP) is 1.71. The van der Waals surface area contributed by atoms with E-state index in [0.717, 1.165) is 17.9 Å². The molecule has 1 aromatic rings. The fraction of sp³-hybridized carbons (Fsp3) is 0.533. The van der Waals surface area contributed by atoms with Crippen LogP contribution < -0.4 is 20.5 Å². The standard InChI is InChI=1S/C15H24N2O3/c1-12(16)7-8-15(18)17-9-4-10-20-14-6-3-5-13(11-14)19-2/h3,5-6,11-12H,4,7-10,16H2,1-2H3,(H,17,18). The lowest BCUT2D eigenvalue weighted by Crippen LogP contribution is -2.27. The van der Waals surface area contributed by atoms with Crippen molar-refractivity contribution in [2.24, 2.45) is 5.73 Å². The van der Waals surface area contributed by atoms with E-state index in [9.17, 15) is 4.79 Å². The van der Waals surface area contributed by atoms with Crippen molar-refractivity contribution >= 4 is 5.91 Å². The fourth-order valence-electron chi connectivity index (χ4n) is 1.63. The molecule has 0 radical (unpaired) electrons. The van der Waals surface area contributed by atoms with E-state index in [1.54, 1.807) is 7.11 Å². The summed E-state index contributed by atoms with van der Waals surface area (Å²) in [7, 11) is 1.62. The quantitative estimate of drug-likeness (QED) is 0.675. The summed E-state index contributed by atoms with van der Waals surface area (Å²) in [5.41, 5.74) is 5.59. The number of carbonyl (C=O) groups excluding carboxylic acids is 1. The fourth-order valence-corrected chi connectivity index (χ4v) is 1.63. The Balaban J connectivity index is 2.11. The van der Waals surface area contributed by atoms with Crippen molar-refractivity contribution in [3.05, 3.63) is 24.3 Å². The van der Waals surface area contributed by atoms with Crippen molar-refractivity contribution in [3.63, 3.8) is 0 Å². The maximum Gasteiger partial charge on any atom is 0.220 e. The zero-order valence-electron chi connectivity index (χ0n) is 12.2. The van der Waals surface area contributed by atoms with Crippen LogP contribution in [0, 0.1) is 0 Å². The minimum absolute atomic E-state index is 0.0451. The van der Waals surface area contributed by atoms with Crippen LogP contribution in [0.4, 0.5) is 0 Å². The summed E-state index contributed by atoms with van der Waals surface area (Å²) in [6.07, 6.45) is 1.96. The number of carbonyl (C=O) groups is 1. The number of hydrogen-bond donors (Lipinski definition) is 2. The highest BCUT2D eigenvalue weighted by molar-refractivity contribution is 5.75. The van der Waals surface area contributed by atoms with Crippen LogP contribution in [0.2, 0.25) is 0 Å². The summed E-state index contributed by atoms with van der Waals surface area (Å²) in [5, 5.41) is 2.85. The number of rotatable bonds is 9. The van der Waals surface area contributed by atoms with Crippen LogP contribution in [0.3, 0.4) is 0 Å². The third-order valence-electron chi connectivity index (χ3n) is 2.78. The number of ether oxygens (including phenoxy) is 2. The van der Waals surface area contributed by atoms with Gasteiger partial charge in [0.2, 0.25) is 5.91 Å². The molecule has 0 spiro atoms. The minimum Gasteiger partial charge on any atom is -0.497 e. The molecule has 0 aliphatic heterocycles. The Morgan fingerprint density at radius 1 is 1.40 bits per heavy atom. The maximum atomic E-state index is 11.4. The second-order valence-electron chi connectivity index (χ2n) is 4.75. The van der Waals surface area contributed by atoms with Gasteiger partial charge in [0.25, 0.3) is 0 Å². The van der Waals surface area contributed by atoms with Crippen LogP contribution >= 0.6 is 0 Å². The first-order chi connectivity index (χ1) is 9.61. The van der Waals surface area contributed by atoms with Gasteiger partial charge in [0.1, 0.15) is 11.5 Å². The van der Waals surface area contributed by atoms with Crippen molar-refractivity contribution in [1.29, 1.82) is 0 Å². The van der Waals surface area contributed by atoms with Crippen molar-refractivity contribution in [1.82, 2.24) is 5.32 Å². The van der Waals surface area contributed by atoms with Gasteiger partial charge in [-0.05, 0) is 31.9 Å². The third kappa shape index (κ3) is 6.99. The summed E-state index contributed by atoms with van der Waals surface area (Å²) in [6, 6.07) is 7.53. The topological polar surface area (TPSA) is 73.6 Å². The smallest absolute Gasteiger partial charge is 0.220 e. The summed E-state index contributed by atoms with van der Waals surface area (Å²) in [4.78, 5) is 11.4. The molecule has 1 rings (SSSR count). The molecule has 3 N–H and O–H groups in total. The number of hydrogen-bond acceptors (Lipinski definition) is 4. The molecular formula is C15H24N2O3. The lowest BCUT2D eigenvalue weighted by molar-refractivity contribution is -0.121. The molecule has 5 nitrogen and oxygen atoms in total. The summed E-state index contributed by atoms with van der Waals surface area (Å²) >= 11 is 0. The number of nitrogens with one attached hydrogen (secondary N) is 1. The molecule has 0 heterocycles. The zero-order chi connectivity index (χ0) is 14.8. The molecule has 112 valence electrons. The molecule has 0 saturated heterocycles. The SMILES string of the molecule is COc1cccc(OCCCNC(=O)CCC(C)N)c1. The Kier molecular flexibility index (Phi) is 7.50. The van der Waals surface area contributed by atoms with E-state index in [2.05, 4.69) is 5.32 Å². The number of nitrogens with two attached hydrogens (primary N) is 1. The first-order valence-electron chi connectivity index (χ1n) is 6.91. The second-order valence-corrected chi connectivity index (χ2v) is 4.75. The van der Waals surface area contributed by atoms with Gasteiger partial charge in [-0.3, -0.25) is 4.79 Å². The number of methoxy groups -OCH3 is 1.